The summed E-state index contributed by atoms with van der Waals surface area (Å²) in [6.45, 7) is 6.41. The number of carbonyl (C=O) groups is 3. The second kappa shape index (κ2) is 12.5. The fourth-order valence-electron chi connectivity index (χ4n) is 3.81. The number of hydrogen-bond acceptors (Lipinski definition) is 7. The summed E-state index contributed by atoms with van der Waals surface area (Å²) in [6, 6.07) is 2.80. The Morgan fingerprint density at radius 2 is 1.50 bits per heavy atom. The first kappa shape index (κ1) is 30.9. The zero-order valence-electron chi connectivity index (χ0n) is 19.5. The van der Waals surface area contributed by atoms with Gasteiger partial charge in [0.15, 0.2) is 0 Å². The molecule has 2 aromatic heterocycles. The molecule has 2 saturated heterocycles. The maximum absolute atomic E-state index is 13.2. The number of thiazole rings is 1. The molecule has 2 aliphatic heterocycles. The van der Waals surface area contributed by atoms with Gasteiger partial charge in [0, 0.05) is 55.9 Å². The van der Waals surface area contributed by atoms with Crippen LogP contribution in [-0.2, 0) is 16.1 Å². The number of aryl methyl sites for hydroxylation is 1. The van der Waals surface area contributed by atoms with Gasteiger partial charge in [0.1, 0.15) is 0 Å². The second-order valence-corrected chi connectivity index (χ2v) is 9.32. The number of nitrogens with zero attached hydrogens (tertiary/aromatic N) is 4. The molecular formula is C21H21F7N4O5S. The van der Waals surface area contributed by atoms with E-state index < -0.39 is 30.2 Å². The molecule has 2 aliphatic rings. The molecule has 4 rings (SSSR count). The van der Waals surface area contributed by atoms with Gasteiger partial charge in [-0.1, -0.05) is 0 Å². The maximum Gasteiger partial charge on any atom is 0.490 e. The molecule has 2 aromatic rings. The molecule has 4 heterocycles. The van der Waals surface area contributed by atoms with Gasteiger partial charge in [0.05, 0.1) is 10.7 Å². The summed E-state index contributed by atoms with van der Waals surface area (Å²) in [5.74, 6) is -5.21. The molecule has 0 bridgehead atoms. The molecule has 2 fully saturated rings. The quantitative estimate of drug-likeness (QED) is 0.422. The Bertz CT molecular complexity index is 1100. The van der Waals surface area contributed by atoms with Gasteiger partial charge in [-0.2, -0.15) is 30.7 Å². The minimum atomic E-state index is -5.08. The number of rotatable bonds is 3. The molecule has 0 spiro atoms. The van der Waals surface area contributed by atoms with Crippen LogP contribution in [0.25, 0.3) is 0 Å². The molecule has 0 aromatic carbocycles. The van der Waals surface area contributed by atoms with Crippen LogP contribution in [0.5, 0.6) is 0 Å². The monoisotopic (exact) mass is 574 g/mol. The van der Waals surface area contributed by atoms with E-state index in [1.807, 2.05) is 11.8 Å². The van der Waals surface area contributed by atoms with Crippen LogP contribution in [0.3, 0.4) is 0 Å². The van der Waals surface area contributed by atoms with Crippen molar-refractivity contribution in [3.63, 3.8) is 0 Å². The molecule has 2 N–H and O–H groups in total. The van der Waals surface area contributed by atoms with Crippen molar-refractivity contribution in [2.75, 3.05) is 26.2 Å². The number of fused-ring (bicyclic) bond motifs is 1. The van der Waals surface area contributed by atoms with Crippen LogP contribution in [0, 0.1) is 24.7 Å². The number of amides is 1. The zero-order valence-corrected chi connectivity index (χ0v) is 20.3. The van der Waals surface area contributed by atoms with Crippen molar-refractivity contribution >= 4 is 29.2 Å². The molecule has 2 atom stereocenters. The lowest BCUT2D eigenvalue weighted by atomic mass is 10.0. The summed E-state index contributed by atoms with van der Waals surface area (Å²) in [7, 11) is 0. The largest absolute Gasteiger partial charge is 0.490 e. The lowest BCUT2D eigenvalue weighted by Crippen LogP contribution is -2.33. The predicted molar refractivity (Wildman–Crippen MR) is 117 cm³/mol. The van der Waals surface area contributed by atoms with Crippen molar-refractivity contribution in [2.45, 2.75) is 25.8 Å². The van der Waals surface area contributed by atoms with E-state index >= 15 is 0 Å². The topological polar surface area (TPSA) is 124 Å². The molecule has 0 saturated carbocycles. The van der Waals surface area contributed by atoms with Gasteiger partial charge in [-0.15, -0.1) is 11.3 Å². The Kier molecular flexibility index (Phi) is 10.1. The van der Waals surface area contributed by atoms with E-state index in [2.05, 4.69) is 20.2 Å². The number of aliphatic carboxylic acids is 2. The number of carboxylic acid groups (broad SMARTS) is 2. The van der Waals surface area contributed by atoms with Crippen LogP contribution in [0.15, 0.2) is 23.7 Å². The Hall–Kier alpha value is -3.34. The highest BCUT2D eigenvalue weighted by atomic mass is 32.1. The predicted octanol–water partition coefficient (Wildman–Crippen LogP) is 3.46. The van der Waals surface area contributed by atoms with Gasteiger partial charge in [0.25, 0.3) is 5.91 Å². The lowest BCUT2D eigenvalue weighted by Gasteiger charge is -2.21. The summed E-state index contributed by atoms with van der Waals surface area (Å²) in [5.41, 5.74) is 1.52. The average Bonchev–Trinajstić information content (AvgIpc) is 3.48. The van der Waals surface area contributed by atoms with Crippen molar-refractivity contribution in [1.82, 2.24) is 19.8 Å². The first-order chi connectivity index (χ1) is 17.5. The fourth-order valence-corrected chi connectivity index (χ4v) is 4.42. The number of alkyl halides is 6. The lowest BCUT2D eigenvalue weighted by molar-refractivity contribution is -0.193. The zero-order chi connectivity index (χ0) is 28.8. The number of carboxylic acids is 2. The van der Waals surface area contributed by atoms with Crippen molar-refractivity contribution in [3.8, 4) is 0 Å². The summed E-state index contributed by atoms with van der Waals surface area (Å²) in [5, 5.41) is 17.5. The molecule has 2 unspecified atom stereocenters. The van der Waals surface area contributed by atoms with E-state index in [0.717, 1.165) is 43.4 Å². The van der Waals surface area contributed by atoms with Gasteiger partial charge in [-0.3, -0.25) is 9.69 Å². The highest BCUT2D eigenvalue weighted by molar-refractivity contribution is 7.09. The Morgan fingerprint density at radius 3 is 1.89 bits per heavy atom. The Labute approximate surface area is 214 Å². The van der Waals surface area contributed by atoms with Crippen LogP contribution in [-0.4, -0.2) is 86.4 Å². The number of carbonyl (C=O) groups excluding carboxylic acids is 1. The van der Waals surface area contributed by atoms with E-state index in [-0.39, 0.29) is 5.91 Å². The first-order valence-electron chi connectivity index (χ1n) is 10.6. The smallest absolute Gasteiger partial charge is 0.475 e. The summed E-state index contributed by atoms with van der Waals surface area (Å²) in [6.07, 6.45) is -8.82. The highest BCUT2D eigenvalue weighted by Crippen LogP contribution is 2.32. The first-order valence-corrected chi connectivity index (χ1v) is 11.5. The minimum Gasteiger partial charge on any atom is -0.475 e. The molecular weight excluding hydrogens is 553 g/mol. The van der Waals surface area contributed by atoms with Gasteiger partial charge in [-0.05, 0) is 24.8 Å². The Morgan fingerprint density at radius 1 is 1.00 bits per heavy atom. The third-order valence-corrected chi connectivity index (χ3v) is 6.18. The SMILES string of the molecule is Cc1nc(CN2CC3CN(C(=O)c4ccnc(F)c4)CC3C2)cs1.O=C(O)C(F)(F)F.O=C(O)C(F)(F)F. The van der Waals surface area contributed by atoms with E-state index in [1.54, 1.807) is 17.4 Å². The Balaban J connectivity index is 0.000000301. The van der Waals surface area contributed by atoms with E-state index in [0.29, 0.717) is 17.4 Å². The summed E-state index contributed by atoms with van der Waals surface area (Å²) < 4.78 is 76.7. The van der Waals surface area contributed by atoms with Gasteiger partial charge < -0.3 is 15.1 Å². The molecule has 9 nitrogen and oxygen atoms in total. The maximum atomic E-state index is 13.2. The third-order valence-electron chi connectivity index (χ3n) is 5.36. The number of pyridine rings is 1. The molecule has 1 amide bonds. The molecule has 0 radical (unpaired) electrons. The van der Waals surface area contributed by atoms with Crippen molar-refractivity contribution in [3.05, 3.63) is 45.9 Å². The second-order valence-electron chi connectivity index (χ2n) is 8.26. The summed E-state index contributed by atoms with van der Waals surface area (Å²) in [4.78, 5) is 42.6. The van der Waals surface area contributed by atoms with Crippen molar-refractivity contribution in [1.29, 1.82) is 0 Å². The molecule has 17 heteroatoms. The number of aromatic nitrogens is 2. The van der Waals surface area contributed by atoms with E-state index in [9.17, 15) is 35.5 Å². The van der Waals surface area contributed by atoms with Crippen LogP contribution in [0.1, 0.15) is 21.1 Å². The molecule has 0 aliphatic carbocycles. The normalized spacial score (nSPS) is 19.1. The standard InChI is InChI=1S/C17H19FN4OS.2C2HF3O2/c1-11-20-15(10-24-11)9-21-5-13-7-22(8-14(13)6-21)17(23)12-2-3-19-16(18)4-12;2*3-2(4,5)1(6)7/h2-4,10,13-14H,5-9H2,1H3;2*(H,6,7). The molecule has 38 heavy (non-hydrogen) atoms. The van der Waals surface area contributed by atoms with E-state index in [4.69, 9.17) is 19.8 Å². The fraction of sp³-hybridized carbons (Fsp3) is 0.476. The van der Waals surface area contributed by atoms with Gasteiger partial charge in [0.2, 0.25) is 5.95 Å². The summed E-state index contributed by atoms with van der Waals surface area (Å²) >= 11 is 1.69. The van der Waals surface area contributed by atoms with Crippen LogP contribution in [0.2, 0.25) is 0 Å². The average molecular weight is 574 g/mol. The molecule has 210 valence electrons. The minimum absolute atomic E-state index is 0.0904. The van der Waals surface area contributed by atoms with E-state index in [1.165, 1.54) is 12.3 Å². The van der Waals surface area contributed by atoms with Crippen molar-refractivity contribution in [2.24, 2.45) is 11.8 Å². The van der Waals surface area contributed by atoms with Crippen LogP contribution >= 0.6 is 11.3 Å². The number of likely N-dealkylation sites (tertiary alicyclic amines) is 2. The highest BCUT2D eigenvalue weighted by Gasteiger charge is 2.42. The van der Waals surface area contributed by atoms with Crippen LogP contribution < -0.4 is 0 Å². The van der Waals surface area contributed by atoms with Gasteiger partial charge in [-0.25, -0.2) is 19.6 Å². The van der Waals surface area contributed by atoms with Crippen LogP contribution in [0.4, 0.5) is 30.7 Å². The van der Waals surface area contributed by atoms with Gasteiger partial charge >= 0.3 is 24.3 Å². The number of hydrogen-bond donors (Lipinski definition) is 2. The third kappa shape index (κ3) is 9.20. The number of halogens is 7. The van der Waals surface area contributed by atoms with Crippen molar-refractivity contribution < 1.29 is 55.3 Å².